The Morgan fingerprint density at radius 2 is 2.00 bits per heavy atom. The van der Waals surface area contributed by atoms with E-state index in [2.05, 4.69) is 10.2 Å². The van der Waals surface area contributed by atoms with Gasteiger partial charge in [-0.3, -0.25) is 5.10 Å². The lowest BCUT2D eigenvalue weighted by atomic mass is 10.2. The molecule has 3 nitrogen and oxygen atoms in total. The quantitative estimate of drug-likeness (QED) is 0.649. The predicted octanol–water partition coefficient (Wildman–Crippen LogP) is 2.48. The van der Waals surface area contributed by atoms with Crippen LogP contribution in [0, 0.1) is 6.92 Å². The fraction of sp³-hybridized carbons (Fsp3) is 0.300. The Hall–Kier alpha value is -1.51. The van der Waals surface area contributed by atoms with E-state index in [1.165, 1.54) is 5.56 Å². The first kappa shape index (κ1) is 9.58. The molecule has 3 N–H and O–H groups in total. The number of nitrogens with two attached hydrogens (primary N) is 1. The number of hydrogen-bond donors (Lipinski definition) is 2. The molecule has 0 aliphatic carbocycles. The van der Waals surface area contributed by atoms with Gasteiger partial charge in [0.15, 0.2) is 5.82 Å². The zero-order chi connectivity index (χ0) is 9.84. The summed E-state index contributed by atoms with van der Waals surface area (Å²) < 4.78 is 0. The average molecular weight is 177 g/mol. The van der Waals surface area contributed by atoms with E-state index in [0.29, 0.717) is 5.82 Å². The van der Waals surface area contributed by atoms with Crippen LogP contribution >= 0.6 is 0 Å². The third kappa shape index (κ3) is 1.80. The Kier molecular flexibility index (Phi) is 2.90. The van der Waals surface area contributed by atoms with Crippen molar-refractivity contribution in [2.24, 2.45) is 0 Å². The van der Waals surface area contributed by atoms with Gasteiger partial charge in [-0.2, -0.15) is 5.10 Å². The molecular formula is C10H15N3. The van der Waals surface area contributed by atoms with Crippen LogP contribution < -0.4 is 5.73 Å². The number of aryl methyl sites for hydroxylation is 1. The number of aromatic nitrogens is 2. The van der Waals surface area contributed by atoms with E-state index in [1.54, 1.807) is 0 Å². The van der Waals surface area contributed by atoms with Crippen molar-refractivity contribution in [3.05, 3.63) is 23.8 Å². The highest BCUT2D eigenvalue weighted by molar-refractivity contribution is 5.88. The Labute approximate surface area is 78.0 Å². The van der Waals surface area contributed by atoms with E-state index in [0.717, 1.165) is 10.9 Å². The number of nitrogens with one attached hydrogen (secondary N) is 1. The molecule has 1 aromatic heterocycles. The zero-order valence-corrected chi connectivity index (χ0v) is 8.26. The molecule has 0 aliphatic rings. The number of nitrogen functional groups attached to an aromatic ring is 1. The Morgan fingerprint density at radius 1 is 1.31 bits per heavy atom. The molecule has 2 aromatic rings. The molecule has 0 amide bonds. The second-order valence-corrected chi connectivity index (χ2v) is 2.66. The first-order valence-electron chi connectivity index (χ1n) is 4.47. The highest BCUT2D eigenvalue weighted by Gasteiger charge is 1.99. The SMILES string of the molecule is CC.Cc1ccc2c(N)n[nH]c2c1. The third-order valence-corrected chi connectivity index (χ3v) is 1.75. The van der Waals surface area contributed by atoms with Gasteiger partial charge < -0.3 is 5.73 Å². The Balaban J connectivity index is 0.000000396. The molecule has 13 heavy (non-hydrogen) atoms. The van der Waals surface area contributed by atoms with E-state index in [9.17, 15) is 0 Å². The lowest BCUT2D eigenvalue weighted by Crippen LogP contribution is -1.83. The minimum absolute atomic E-state index is 0.569. The van der Waals surface area contributed by atoms with Crippen LogP contribution in [0.4, 0.5) is 5.82 Å². The van der Waals surface area contributed by atoms with Crippen molar-refractivity contribution in [1.29, 1.82) is 0 Å². The third-order valence-electron chi connectivity index (χ3n) is 1.75. The molecule has 0 unspecified atom stereocenters. The van der Waals surface area contributed by atoms with Crippen LogP contribution in [0.3, 0.4) is 0 Å². The van der Waals surface area contributed by atoms with E-state index in [1.807, 2.05) is 39.0 Å². The van der Waals surface area contributed by atoms with Crippen LogP contribution in [0.1, 0.15) is 19.4 Å². The highest BCUT2D eigenvalue weighted by atomic mass is 15.1. The van der Waals surface area contributed by atoms with Gasteiger partial charge in [-0.15, -0.1) is 0 Å². The van der Waals surface area contributed by atoms with Crippen molar-refractivity contribution in [1.82, 2.24) is 10.2 Å². The molecule has 0 saturated carbocycles. The number of rotatable bonds is 0. The minimum atomic E-state index is 0.569. The summed E-state index contributed by atoms with van der Waals surface area (Å²) in [6, 6.07) is 6.02. The van der Waals surface area contributed by atoms with Crippen molar-refractivity contribution in [3.8, 4) is 0 Å². The molecule has 3 heteroatoms. The van der Waals surface area contributed by atoms with Crippen molar-refractivity contribution in [2.75, 3.05) is 5.73 Å². The van der Waals surface area contributed by atoms with E-state index < -0.39 is 0 Å². The standard InChI is InChI=1S/C8H9N3.C2H6/c1-5-2-3-6-7(4-5)10-11-8(6)9;1-2/h2-4H,1H3,(H3,9,10,11);1-2H3. The molecular weight excluding hydrogens is 162 g/mol. The molecule has 1 heterocycles. The first-order valence-corrected chi connectivity index (χ1v) is 4.47. The summed E-state index contributed by atoms with van der Waals surface area (Å²) >= 11 is 0. The number of nitrogens with zero attached hydrogens (tertiary/aromatic N) is 1. The molecule has 0 radical (unpaired) electrons. The van der Waals surface area contributed by atoms with Crippen molar-refractivity contribution in [3.63, 3.8) is 0 Å². The monoisotopic (exact) mass is 177 g/mol. The summed E-state index contributed by atoms with van der Waals surface area (Å²) in [5.74, 6) is 0.569. The second-order valence-electron chi connectivity index (χ2n) is 2.66. The van der Waals surface area contributed by atoms with Crippen molar-refractivity contribution in [2.45, 2.75) is 20.8 Å². The van der Waals surface area contributed by atoms with Crippen LogP contribution in [-0.4, -0.2) is 10.2 Å². The van der Waals surface area contributed by atoms with Gasteiger partial charge in [0.25, 0.3) is 0 Å². The maximum atomic E-state index is 5.58. The van der Waals surface area contributed by atoms with Crippen molar-refractivity contribution >= 4 is 16.7 Å². The summed E-state index contributed by atoms with van der Waals surface area (Å²) in [4.78, 5) is 0. The van der Waals surface area contributed by atoms with Gasteiger partial charge in [-0.05, 0) is 24.6 Å². The smallest absolute Gasteiger partial charge is 0.153 e. The normalized spacial score (nSPS) is 9.46. The lowest BCUT2D eigenvalue weighted by molar-refractivity contribution is 1.13. The Morgan fingerprint density at radius 3 is 2.69 bits per heavy atom. The number of hydrogen-bond acceptors (Lipinski definition) is 2. The average Bonchev–Trinajstić information content (AvgIpc) is 2.51. The molecule has 0 atom stereocenters. The first-order chi connectivity index (χ1) is 6.27. The molecule has 70 valence electrons. The second kappa shape index (κ2) is 3.94. The molecule has 1 aromatic carbocycles. The van der Waals surface area contributed by atoms with Crippen LogP contribution in [-0.2, 0) is 0 Å². The molecule has 0 saturated heterocycles. The predicted molar refractivity (Wildman–Crippen MR) is 56.6 cm³/mol. The molecule has 0 bridgehead atoms. The number of benzene rings is 1. The number of aromatic amines is 1. The van der Waals surface area contributed by atoms with Gasteiger partial charge in [-0.25, -0.2) is 0 Å². The van der Waals surface area contributed by atoms with Gasteiger partial charge in [0.2, 0.25) is 0 Å². The minimum Gasteiger partial charge on any atom is -0.382 e. The van der Waals surface area contributed by atoms with Crippen molar-refractivity contribution < 1.29 is 0 Å². The summed E-state index contributed by atoms with van der Waals surface area (Å²) in [5, 5.41) is 7.74. The largest absolute Gasteiger partial charge is 0.382 e. The van der Waals surface area contributed by atoms with E-state index in [4.69, 9.17) is 5.73 Å². The number of H-pyrrole nitrogens is 1. The van der Waals surface area contributed by atoms with Gasteiger partial charge in [0, 0.05) is 5.39 Å². The maximum absolute atomic E-state index is 5.58. The summed E-state index contributed by atoms with van der Waals surface area (Å²) in [6.45, 7) is 6.04. The van der Waals surface area contributed by atoms with Gasteiger partial charge >= 0.3 is 0 Å². The van der Waals surface area contributed by atoms with Gasteiger partial charge in [0.1, 0.15) is 0 Å². The Bertz CT molecular complexity index is 390. The maximum Gasteiger partial charge on any atom is 0.153 e. The fourth-order valence-electron chi connectivity index (χ4n) is 1.15. The summed E-state index contributed by atoms with van der Waals surface area (Å²) in [5.41, 5.74) is 7.80. The summed E-state index contributed by atoms with van der Waals surface area (Å²) in [6.07, 6.45) is 0. The molecule has 0 aliphatic heterocycles. The van der Waals surface area contributed by atoms with Crippen LogP contribution in [0.25, 0.3) is 10.9 Å². The molecule has 0 spiro atoms. The molecule has 2 rings (SSSR count). The van der Waals surface area contributed by atoms with Crippen LogP contribution in [0.2, 0.25) is 0 Å². The van der Waals surface area contributed by atoms with Gasteiger partial charge in [0.05, 0.1) is 5.52 Å². The summed E-state index contributed by atoms with van der Waals surface area (Å²) in [7, 11) is 0. The van der Waals surface area contributed by atoms with E-state index in [-0.39, 0.29) is 0 Å². The zero-order valence-electron chi connectivity index (χ0n) is 8.26. The van der Waals surface area contributed by atoms with Crippen LogP contribution in [0.15, 0.2) is 18.2 Å². The number of fused-ring (bicyclic) bond motifs is 1. The van der Waals surface area contributed by atoms with Gasteiger partial charge in [-0.1, -0.05) is 19.9 Å². The highest BCUT2D eigenvalue weighted by Crippen LogP contribution is 2.17. The molecule has 0 fully saturated rings. The topological polar surface area (TPSA) is 54.7 Å². The van der Waals surface area contributed by atoms with E-state index >= 15 is 0 Å². The van der Waals surface area contributed by atoms with Crippen LogP contribution in [0.5, 0.6) is 0 Å². The number of anilines is 1. The lowest BCUT2D eigenvalue weighted by Gasteiger charge is -1.90. The fourth-order valence-corrected chi connectivity index (χ4v) is 1.15.